The van der Waals surface area contributed by atoms with E-state index in [0.717, 1.165) is 12.3 Å². The minimum absolute atomic E-state index is 0.715. The SMILES string of the molecule is N#CCCCCC1C=CC=CC1. The number of hydrogen-bond donors (Lipinski definition) is 0. The van der Waals surface area contributed by atoms with Crippen molar-refractivity contribution in [2.24, 2.45) is 5.92 Å². The Hall–Kier alpha value is -1.03. The molecular weight excluding hydrogens is 146 g/mol. The average molecular weight is 161 g/mol. The maximum atomic E-state index is 8.33. The molecule has 0 amide bonds. The summed E-state index contributed by atoms with van der Waals surface area (Å²) in [5, 5.41) is 8.33. The molecule has 1 atom stereocenters. The van der Waals surface area contributed by atoms with Gasteiger partial charge in [-0.3, -0.25) is 0 Å². The number of nitriles is 1. The standard InChI is InChI=1S/C11H15N/c12-10-6-2-5-9-11-7-3-1-4-8-11/h1,3-4,7,11H,2,5-6,8-9H2. The highest BCUT2D eigenvalue weighted by atomic mass is 14.2. The fourth-order valence-electron chi connectivity index (χ4n) is 1.46. The van der Waals surface area contributed by atoms with Gasteiger partial charge in [-0.1, -0.05) is 30.7 Å². The molecule has 0 heterocycles. The molecule has 1 unspecified atom stereocenters. The third-order valence-electron chi connectivity index (χ3n) is 2.18. The van der Waals surface area contributed by atoms with Gasteiger partial charge in [-0.25, -0.2) is 0 Å². The van der Waals surface area contributed by atoms with Crippen LogP contribution < -0.4 is 0 Å². The van der Waals surface area contributed by atoms with Gasteiger partial charge in [-0.15, -0.1) is 0 Å². The van der Waals surface area contributed by atoms with Crippen molar-refractivity contribution in [3.8, 4) is 6.07 Å². The predicted molar refractivity (Wildman–Crippen MR) is 50.5 cm³/mol. The van der Waals surface area contributed by atoms with E-state index in [1.54, 1.807) is 0 Å². The smallest absolute Gasteiger partial charge is 0.0621 e. The lowest BCUT2D eigenvalue weighted by Crippen LogP contribution is -1.96. The molecule has 1 heteroatoms. The molecule has 0 aliphatic heterocycles. The molecule has 12 heavy (non-hydrogen) atoms. The minimum Gasteiger partial charge on any atom is -0.198 e. The zero-order chi connectivity index (χ0) is 8.65. The van der Waals surface area contributed by atoms with Crippen molar-refractivity contribution in [1.82, 2.24) is 0 Å². The molecule has 0 N–H and O–H groups in total. The second kappa shape index (κ2) is 5.60. The summed E-state index contributed by atoms with van der Waals surface area (Å²) in [7, 11) is 0. The molecule has 1 aliphatic rings. The molecule has 0 saturated heterocycles. The molecule has 0 saturated carbocycles. The van der Waals surface area contributed by atoms with Crippen molar-refractivity contribution in [3.63, 3.8) is 0 Å². The van der Waals surface area contributed by atoms with Crippen LogP contribution in [0.4, 0.5) is 0 Å². The molecule has 0 radical (unpaired) electrons. The Bertz CT molecular complexity index is 208. The van der Waals surface area contributed by atoms with Crippen LogP contribution in [0.1, 0.15) is 32.1 Å². The molecule has 64 valence electrons. The Morgan fingerprint density at radius 2 is 2.25 bits per heavy atom. The van der Waals surface area contributed by atoms with Gasteiger partial charge in [0.25, 0.3) is 0 Å². The Labute approximate surface area is 74.4 Å². The summed E-state index contributed by atoms with van der Waals surface area (Å²) in [5.41, 5.74) is 0. The van der Waals surface area contributed by atoms with Crippen LogP contribution >= 0.6 is 0 Å². The predicted octanol–water partition coefficient (Wildman–Crippen LogP) is 3.20. The van der Waals surface area contributed by atoms with E-state index in [9.17, 15) is 0 Å². The third-order valence-corrected chi connectivity index (χ3v) is 2.18. The van der Waals surface area contributed by atoms with Crippen LogP contribution in [-0.2, 0) is 0 Å². The van der Waals surface area contributed by atoms with Gasteiger partial charge in [0.15, 0.2) is 0 Å². The van der Waals surface area contributed by atoms with E-state index in [-0.39, 0.29) is 0 Å². The van der Waals surface area contributed by atoms with Crippen molar-refractivity contribution in [2.75, 3.05) is 0 Å². The average Bonchev–Trinajstić information content (AvgIpc) is 2.14. The number of hydrogen-bond acceptors (Lipinski definition) is 1. The van der Waals surface area contributed by atoms with Crippen LogP contribution in [0.2, 0.25) is 0 Å². The van der Waals surface area contributed by atoms with Gasteiger partial charge in [-0.2, -0.15) is 5.26 Å². The Balaban J connectivity index is 2.04. The lowest BCUT2D eigenvalue weighted by molar-refractivity contribution is 0.549. The number of unbranched alkanes of at least 4 members (excludes halogenated alkanes) is 2. The molecule has 1 aliphatic carbocycles. The molecule has 1 rings (SSSR count). The summed E-state index contributed by atoms with van der Waals surface area (Å²) < 4.78 is 0. The summed E-state index contributed by atoms with van der Waals surface area (Å²) in [6.45, 7) is 0. The van der Waals surface area contributed by atoms with Gasteiger partial charge in [0.2, 0.25) is 0 Å². The summed E-state index contributed by atoms with van der Waals surface area (Å²) in [5.74, 6) is 0.730. The summed E-state index contributed by atoms with van der Waals surface area (Å²) >= 11 is 0. The van der Waals surface area contributed by atoms with Gasteiger partial charge in [0.1, 0.15) is 0 Å². The highest BCUT2D eigenvalue weighted by Crippen LogP contribution is 2.18. The van der Waals surface area contributed by atoms with Crippen LogP contribution in [0.3, 0.4) is 0 Å². The zero-order valence-corrected chi connectivity index (χ0v) is 7.37. The number of nitrogens with zero attached hydrogens (tertiary/aromatic N) is 1. The van der Waals surface area contributed by atoms with E-state index >= 15 is 0 Å². The van der Waals surface area contributed by atoms with Crippen LogP contribution in [0.5, 0.6) is 0 Å². The topological polar surface area (TPSA) is 23.8 Å². The minimum atomic E-state index is 0.715. The fourth-order valence-corrected chi connectivity index (χ4v) is 1.46. The first kappa shape index (κ1) is 9.06. The quantitative estimate of drug-likeness (QED) is 0.581. The van der Waals surface area contributed by atoms with E-state index in [1.807, 2.05) is 0 Å². The lowest BCUT2D eigenvalue weighted by atomic mass is 9.95. The maximum Gasteiger partial charge on any atom is 0.0621 e. The first-order chi connectivity index (χ1) is 5.93. The third kappa shape index (κ3) is 3.39. The molecule has 0 bridgehead atoms. The molecular formula is C11H15N. The maximum absolute atomic E-state index is 8.33. The molecule has 1 nitrogen and oxygen atoms in total. The van der Waals surface area contributed by atoms with Gasteiger partial charge >= 0.3 is 0 Å². The first-order valence-electron chi connectivity index (χ1n) is 4.64. The van der Waals surface area contributed by atoms with Gasteiger partial charge in [-0.05, 0) is 25.2 Å². The van der Waals surface area contributed by atoms with Crippen molar-refractivity contribution in [3.05, 3.63) is 24.3 Å². The van der Waals surface area contributed by atoms with Crippen LogP contribution in [0.15, 0.2) is 24.3 Å². The Kier molecular flexibility index (Phi) is 4.23. The summed E-state index contributed by atoms with van der Waals surface area (Å²) in [6, 6.07) is 2.17. The van der Waals surface area contributed by atoms with Crippen LogP contribution in [0, 0.1) is 17.2 Å². The fraction of sp³-hybridized carbons (Fsp3) is 0.545. The monoisotopic (exact) mass is 161 g/mol. The van der Waals surface area contributed by atoms with Crippen molar-refractivity contribution >= 4 is 0 Å². The lowest BCUT2D eigenvalue weighted by Gasteiger charge is -2.11. The molecule has 0 fully saturated rings. The van der Waals surface area contributed by atoms with Crippen molar-refractivity contribution in [1.29, 1.82) is 5.26 Å². The van der Waals surface area contributed by atoms with Gasteiger partial charge in [0, 0.05) is 6.42 Å². The zero-order valence-electron chi connectivity index (χ0n) is 7.37. The van der Waals surface area contributed by atoms with E-state index in [0.29, 0.717) is 6.42 Å². The molecule has 0 aromatic rings. The van der Waals surface area contributed by atoms with Gasteiger partial charge < -0.3 is 0 Å². The second-order valence-electron chi connectivity index (χ2n) is 3.21. The van der Waals surface area contributed by atoms with Crippen molar-refractivity contribution in [2.45, 2.75) is 32.1 Å². The molecule has 0 aromatic heterocycles. The van der Waals surface area contributed by atoms with E-state index < -0.39 is 0 Å². The van der Waals surface area contributed by atoms with Gasteiger partial charge in [0.05, 0.1) is 6.07 Å². The Morgan fingerprint density at radius 1 is 1.33 bits per heavy atom. The van der Waals surface area contributed by atoms with E-state index in [1.165, 1.54) is 19.3 Å². The molecule has 0 spiro atoms. The number of allylic oxidation sites excluding steroid dienone is 4. The highest BCUT2D eigenvalue weighted by molar-refractivity contribution is 5.10. The molecule has 0 aromatic carbocycles. The largest absolute Gasteiger partial charge is 0.198 e. The number of rotatable bonds is 4. The summed E-state index contributed by atoms with van der Waals surface area (Å²) in [4.78, 5) is 0. The van der Waals surface area contributed by atoms with Crippen LogP contribution in [0.25, 0.3) is 0 Å². The Morgan fingerprint density at radius 3 is 2.92 bits per heavy atom. The van der Waals surface area contributed by atoms with E-state index in [4.69, 9.17) is 5.26 Å². The normalized spacial score (nSPS) is 20.8. The van der Waals surface area contributed by atoms with E-state index in [2.05, 4.69) is 30.4 Å². The van der Waals surface area contributed by atoms with Crippen LogP contribution in [-0.4, -0.2) is 0 Å². The van der Waals surface area contributed by atoms with Crippen molar-refractivity contribution < 1.29 is 0 Å². The highest BCUT2D eigenvalue weighted by Gasteiger charge is 2.03. The summed E-state index contributed by atoms with van der Waals surface area (Å²) in [6.07, 6.45) is 14.1. The first-order valence-corrected chi connectivity index (χ1v) is 4.64. The second-order valence-corrected chi connectivity index (χ2v) is 3.21.